The van der Waals surface area contributed by atoms with Crippen molar-refractivity contribution in [2.75, 3.05) is 19.7 Å². The summed E-state index contributed by atoms with van der Waals surface area (Å²) in [7, 11) is 0. The van der Waals surface area contributed by atoms with Gasteiger partial charge in [-0.2, -0.15) is 0 Å². The Bertz CT molecular complexity index is 930. The van der Waals surface area contributed by atoms with Gasteiger partial charge in [0.05, 0.1) is 12.1 Å². The van der Waals surface area contributed by atoms with Crippen molar-refractivity contribution in [2.24, 2.45) is 0 Å². The zero-order valence-corrected chi connectivity index (χ0v) is 14.1. The molecular weight excluding hydrogens is 320 g/mol. The Morgan fingerprint density at radius 2 is 1.88 bits per heavy atom. The molecule has 0 saturated carbocycles. The largest absolute Gasteiger partial charge is 0.486 e. The maximum Gasteiger partial charge on any atom is 0.424 e. The Hall–Kier alpha value is -2.73. The molecular formula is C19H21N2O4+. The van der Waals surface area contributed by atoms with Crippen LogP contribution in [0.4, 0.5) is 0 Å². The number of hydrogen-bond donors (Lipinski definition) is 1. The van der Waals surface area contributed by atoms with Gasteiger partial charge in [0.15, 0.2) is 29.9 Å². The number of rotatable bonds is 5. The lowest BCUT2D eigenvalue weighted by Gasteiger charge is -2.29. The van der Waals surface area contributed by atoms with E-state index in [1.165, 1.54) is 4.90 Å². The van der Waals surface area contributed by atoms with E-state index in [2.05, 4.69) is 6.92 Å². The van der Waals surface area contributed by atoms with E-state index in [0.717, 1.165) is 30.1 Å². The van der Waals surface area contributed by atoms with Gasteiger partial charge in [-0.15, -0.1) is 0 Å². The number of hydrogen-bond acceptors (Lipinski definition) is 4. The Kier molecular flexibility index (Phi) is 4.19. The molecule has 1 N–H and O–H groups in total. The number of quaternary nitrogens is 1. The van der Waals surface area contributed by atoms with Crippen LogP contribution in [0.15, 0.2) is 57.7 Å². The van der Waals surface area contributed by atoms with Crippen LogP contribution < -0.4 is 20.1 Å². The maximum absolute atomic E-state index is 12.2. The van der Waals surface area contributed by atoms with E-state index in [9.17, 15) is 4.79 Å². The van der Waals surface area contributed by atoms with E-state index < -0.39 is 0 Å². The lowest BCUT2D eigenvalue weighted by atomic mass is 10.2. The predicted octanol–water partition coefficient (Wildman–Crippen LogP) is 1.30. The summed E-state index contributed by atoms with van der Waals surface area (Å²) < 4.78 is 18.8. The minimum atomic E-state index is -0.321. The summed E-state index contributed by atoms with van der Waals surface area (Å²) in [5.74, 6) is 1.24. The average Bonchev–Trinajstić information content (AvgIpc) is 2.96. The summed E-state index contributed by atoms with van der Waals surface area (Å²) in [4.78, 5) is 13.4. The molecule has 0 aliphatic carbocycles. The molecule has 25 heavy (non-hydrogen) atoms. The summed E-state index contributed by atoms with van der Waals surface area (Å²) in [6.45, 7) is 4.76. The molecule has 0 bridgehead atoms. The number of oxazole rings is 1. The molecule has 2 aromatic carbocycles. The van der Waals surface area contributed by atoms with Gasteiger partial charge in [-0.25, -0.2) is 9.36 Å². The molecule has 1 aliphatic rings. The zero-order valence-electron chi connectivity index (χ0n) is 14.1. The van der Waals surface area contributed by atoms with Crippen molar-refractivity contribution in [3.05, 3.63) is 59.1 Å². The number of nitrogens with one attached hydrogen (secondary N) is 1. The molecule has 6 nitrogen and oxygen atoms in total. The van der Waals surface area contributed by atoms with Crippen LogP contribution in [0.25, 0.3) is 11.1 Å². The van der Waals surface area contributed by atoms with Crippen LogP contribution in [0.3, 0.4) is 0 Å². The van der Waals surface area contributed by atoms with E-state index in [-0.39, 0.29) is 11.9 Å². The summed E-state index contributed by atoms with van der Waals surface area (Å²) in [5.41, 5.74) is 1.44. The molecule has 0 spiro atoms. The molecule has 1 unspecified atom stereocenters. The Morgan fingerprint density at radius 1 is 1.12 bits per heavy atom. The van der Waals surface area contributed by atoms with Gasteiger partial charge in [0, 0.05) is 0 Å². The van der Waals surface area contributed by atoms with Gasteiger partial charge in [0.1, 0.15) is 13.2 Å². The fourth-order valence-corrected chi connectivity index (χ4v) is 3.19. The quantitative estimate of drug-likeness (QED) is 0.760. The summed E-state index contributed by atoms with van der Waals surface area (Å²) in [5, 5.41) is 0. The lowest BCUT2D eigenvalue weighted by Crippen LogP contribution is -3.12. The number of likely N-dealkylation sites (N-methyl/N-ethyl adjacent to an activating group) is 1. The van der Waals surface area contributed by atoms with Gasteiger partial charge in [0.25, 0.3) is 0 Å². The van der Waals surface area contributed by atoms with E-state index >= 15 is 0 Å². The number of nitrogens with zero attached hydrogens (tertiary/aromatic N) is 1. The Morgan fingerprint density at radius 3 is 2.72 bits per heavy atom. The first kappa shape index (κ1) is 15.8. The minimum Gasteiger partial charge on any atom is -0.486 e. The molecule has 6 heteroatoms. The molecule has 3 aromatic rings. The molecule has 4 rings (SSSR count). The second kappa shape index (κ2) is 6.64. The van der Waals surface area contributed by atoms with E-state index in [1.807, 2.05) is 48.5 Å². The van der Waals surface area contributed by atoms with Gasteiger partial charge >= 0.3 is 5.76 Å². The highest BCUT2D eigenvalue weighted by atomic mass is 16.6. The normalized spacial score (nSPS) is 17.6. The van der Waals surface area contributed by atoms with E-state index in [1.54, 1.807) is 4.57 Å². The molecule has 0 radical (unpaired) electrons. The van der Waals surface area contributed by atoms with Gasteiger partial charge in [0.2, 0.25) is 0 Å². The summed E-state index contributed by atoms with van der Waals surface area (Å²) in [6, 6.07) is 15.2. The summed E-state index contributed by atoms with van der Waals surface area (Å²) in [6.07, 6.45) is -0.0429. The third-order valence-corrected chi connectivity index (χ3v) is 4.54. The topological polar surface area (TPSA) is 58.0 Å². The second-order valence-corrected chi connectivity index (χ2v) is 6.23. The first-order valence-corrected chi connectivity index (χ1v) is 8.55. The second-order valence-electron chi connectivity index (χ2n) is 6.23. The molecule has 2 atom stereocenters. The van der Waals surface area contributed by atoms with Crippen LogP contribution in [0.1, 0.15) is 6.92 Å². The van der Waals surface area contributed by atoms with Crippen molar-refractivity contribution in [2.45, 2.75) is 19.7 Å². The number of aromatic nitrogens is 1. The van der Waals surface area contributed by atoms with Crippen LogP contribution in [0.2, 0.25) is 0 Å². The first-order valence-electron chi connectivity index (χ1n) is 8.55. The first-order chi connectivity index (χ1) is 12.2. The fourth-order valence-electron chi connectivity index (χ4n) is 3.19. The molecule has 1 aromatic heterocycles. The van der Waals surface area contributed by atoms with Gasteiger partial charge in [-0.1, -0.05) is 24.3 Å². The highest BCUT2D eigenvalue weighted by molar-refractivity contribution is 5.72. The van der Waals surface area contributed by atoms with Crippen molar-refractivity contribution >= 4 is 11.1 Å². The average molecular weight is 341 g/mol. The van der Waals surface area contributed by atoms with Crippen LogP contribution in [-0.4, -0.2) is 30.4 Å². The molecule has 2 heterocycles. The van der Waals surface area contributed by atoms with Gasteiger partial charge < -0.3 is 18.8 Å². The minimum absolute atomic E-state index is 0.0429. The Balaban J connectivity index is 1.50. The molecule has 0 fully saturated rings. The van der Waals surface area contributed by atoms with Crippen molar-refractivity contribution in [3.63, 3.8) is 0 Å². The summed E-state index contributed by atoms with van der Waals surface area (Å²) >= 11 is 0. The lowest BCUT2D eigenvalue weighted by molar-refractivity contribution is -0.923. The van der Waals surface area contributed by atoms with Crippen molar-refractivity contribution in [1.82, 2.24) is 4.57 Å². The van der Waals surface area contributed by atoms with Crippen molar-refractivity contribution in [1.29, 1.82) is 0 Å². The monoisotopic (exact) mass is 341 g/mol. The number of fused-ring (bicyclic) bond motifs is 2. The zero-order chi connectivity index (χ0) is 17.2. The molecule has 0 amide bonds. The predicted molar refractivity (Wildman–Crippen MR) is 93.2 cm³/mol. The molecule has 0 saturated heterocycles. The standard InChI is InChI=1S/C19H20N2O4/c1-2-20(11-14-12-23-17-9-5-6-10-18(17)24-14)13-21-15-7-3-4-8-16(15)25-19(21)22/h3-10,14H,2,11-13H2,1H3/p+1/t14-/m1/s1. The molecule has 130 valence electrons. The highest BCUT2D eigenvalue weighted by Gasteiger charge is 2.25. The maximum atomic E-state index is 12.2. The number of benzene rings is 2. The SMILES string of the molecule is CC[NH+](C[C@@H]1COc2ccccc2O1)Cn1c(=O)oc2ccccc21. The van der Waals surface area contributed by atoms with E-state index in [0.29, 0.717) is 18.9 Å². The fraction of sp³-hybridized carbons (Fsp3) is 0.316. The Labute approximate surface area is 145 Å². The van der Waals surface area contributed by atoms with Crippen LogP contribution >= 0.6 is 0 Å². The van der Waals surface area contributed by atoms with Crippen LogP contribution in [0, 0.1) is 0 Å². The number of ether oxygens (including phenoxy) is 2. The van der Waals surface area contributed by atoms with Gasteiger partial charge in [-0.05, 0) is 31.2 Å². The smallest absolute Gasteiger partial charge is 0.424 e. The van der Waals surface area contributed by atoms with Crippen LogP contribution in [-0.2, 0) is 6.67 Å². The highest BCUT2D eigenvalue weighted by Crippen LogP contribution is 2.30. The third kappa shape index (κ3) is 3.13. The van der Waals surface area contributed by atoms with Crippen LogP contribution in [0.5, 0.6) is 11.5 Å². The van der Waals surface area contributed by atoms with Gasteiger partial charge in [-0.3, -0.25) is 0 Å². The molecule has 1 aliphatic heterocycles. The van der Waals surface area contributed by atoms with E-state index in [4.69, 9.17) is 13.9 Å². The van der Waals surface area contributed by atoms with Crippen molar-refractivity contribution in [3.8, 4) is 11.5 Å². The number of para-hydroxylation sites is 4. The van der Waals surface area contributed by atoms with Crippen molar-refractivity contribution < 1.29 is 18.8 Å². The third-order valence-electron chi connectivity index (χ3n) is 4.54.